The molecule has 0 unspecified atom stereocenters. The summed E-state index contributed by atoms with van der Waals surface area (Å²) in [5.41, 5.74) is 6.31. The molecule has 0 spiro atoms. The molecule has 1 radical (unpaired) electrons. The summed E-state index contributed by atoms with van der Waals surface area (Å²) in [6.07, 6.45) is 0. The average Bonchev–Trinajstić information content (AvgIpc) is 2.04. The summed E-state index contributed by atoms with van der Waals surface area (Å²) in [6, 6.07) is 12.9. The van der Waals surface area contributed by atoms with Crippen LogP contribution >= 0.6 is 15.9 Å². The number of hydrogen-bond acceptors (Lipinski definition) is 1. The number of benzene rings is 2. The molecular weight excluding hydrogens is 214 g/mol. The number of hydrogen-bond donors (Lipinski definition) is 1. The van der Waals surface area contributed by atoms with Gasteiger partial charge in [-0.05, 0) is 16.8 Å². The maximum absolute atomic E-state index is 5.64. The monoisotopic (exact) mass is 220 g/mol. The third-order valence-corrected chi connectivity index (χ3v) is 2.40. The Morgan fingerprint density at radius 3 is 2.83 bits per heavy atom. The molecule has 0 aromatic heterocycles. The van der Waals surface area contributed by atoms with Gasteiger partial charge in [0.1, 0.15) is 0 Å². The lowest BCUT2D eigenvalue weighted by atomic mass is 10.1. The molecule has 0 heterocycles. The molecule has 0 aliphatic carbocycles. The summed E-state index contributed by atoms with van der Waals surface area (Å²) >= 11 is 3.45. The van der Waals surface area contributed by atoms with E-state index >= 15 is 0 Å². The summed E-state index contributed by atoms with van der Waals surface area (Å²) in [5.74, 6) is 0. The van der Waals surface area contributed by atoms with Crippen LogP contribution in [0.1, 0.15) is 0 Å². The molecule has 0 saturated carbocycles. The van der Waals surface area contributed by atoms with Gasteiger partial charge in [-0.3, -0.25) is 0 Å². The predicted molar refractivity (Wildman–Crippen MR) is 54.9 cm³/mol. The van der Waals surface area contributed by atoms with E-state index in [1.165, 1.54) is 0 Å². The van der Waals surface area contributed by atoms with Crippen LogP contribution in [0.3, 0.4) is 0 Å². The summed E-state index contributed by atoms with van der Waals surface area (Å²) in [7, 11) is 0. The van der Waals surface area contributed by atoms with E-state index in [9.17, 15) is 0 Å². The zero-order valence-corrected chi connectivity index (χ0v) is 7.93. The molecule has 0 amide bonds. The molecule has 0 fully saturated rings. The number of fused-ring (bicyclic) bond motifs is 1. The van der Waals surface area contributed by atoms with Crippen molar-refractivity contribution >= 4 is 32.4 Å². The van der Waals surface area contributed by atoms with Gasteiger partial charge in [-0.15, -0.1) is 0 Å². The van der Waals surface area contributed by atoms with Gasteiger partial charge >= 0.3 is 0 Å². The van der Waals surface area contributed by atoms with Crippen molar-refractivity contribution in [3.05, 3.63) is 40.9 Å². The Balaban J connectivity index is 2.89. The molecule has 1 nitrogen and oxygen atoms in total. The van der Waals surface area contributed by atoms with Crippen LogP contribution in [-0.4, -0.2) is 0 Å². The fourth-order valence-corrected chi connectivity index (χ4v) is 1.80. The van der Waals surface area contributed by atoms with Gasteiger partial charge in [-0.1, -0.05) is 40.2 Å². The molecule has 0 aliphatic rings. The highest BCUT2D eigenvalue weighted by molar-refractivity contribution is 9.10. The summed E-state index contributed by atoms with van der Waals surface area (Å²) < 4.78 is 1.02. The van der Waals surface area contributed by atoms with E-state index in [4.69, 9.17) is 5.73 Å². The normalized spacial score (nSPS) is 10.4. The summed E-state index contributed by atoms with van der Waals surface area (Å²) in [5, 5.41) is 2.19. The zero-order valence-electron chi connectivity index (χ0n) is 6.34. The second kappa shape index (κ2) is 2.79. The first-order chi connectivity index (χ1) is 5.77. The highest BCUT2D eigenvalue weighted by atomic mass is 79.9. The van der Waals surface area contributed by atoms with Gasteiger partial charge in [0.15, 0.2) is 0 Å². The highest BCUT2D eigenvalue weighted by Crippen LogP contribution is 2.25. The van der Waals surface area contributed by atoms with Crippen molar-refractivity contribution in [2.75, 3.05) is 5.73 Å². The largest absolute Gasteiger partial charge is 0.398 e. The lowest BCUT2D eigenvalue weighted by Crippen LogP contribution is -1.85. The van der Waals surface area contributed by atoms with E-state index in [1.807, 2.05) is 30.3 Å². The molecule has 2 aromatic rings. The van der Waals surface area contributed by atoms with Crippen LogP contribution in [0.2, 0.25) is 0 Å². The van der Waals surface area contributed by atoms with Gasteiger partial charge in [0.05, 0.1) is 0 Å². The van der Waals surface area contributed by atoms with Crippen molar-refractivity contribution in [2.45, 2.75) is 0 Å². The number of rotatable bonds is 0. The summed E-state index contributed by atoms with van der Waals surface area (Å²) in [4.78, 5) is 0. The third-order valence-electron chi connectivity index (χ3n) is 1.75. The minimum atomic E-state index is 0.667. The van der Waals surface area contributed by atoms with Crippen molar-refractivity contribution in [1.29, 1.82) is 0 Å². The SMILES string of the molecule is Nc1[c]c2ccccc2c(Br)c1. The number of nitrogens with two attached hydrogens (primary N) is 1. The molecule has 0 bridgehead atoms. The van der Waals surface area contributed by atoms with Gasteiger partial charge in [0, 0.05) is 16.2 Å². The van der Waals surface area contributed by atoms with Crippen molar-refractivity contribution in [1.82, 2.24) is 0 Å². The molecule has 12 heavy (non-hydrogen) atoms. The molecular formula is C10H7BrN. The van der Waals surface area contributed by atoms with Crippen LogP contribution < -0.4 is 5.73 Å². The van der Waals surface area contributed by atoms with Crippen molar-refractivity contribution in [2.24, 2.45) is 0 Å². The minimum absolute atomic E-state index is 0.667. The molecule has 2 rings (SSSR count). The second-order valence-electron chi connectivity index (χ2n) is 2.62. The van der Waals surface area contributed by atoms with Crippen LogP contribution in [0.5, 0.6) is 0 Å². The van der Waals surface area contributed by atoms with Gasteiger partial charge in [-0.25, -0.2) is 0 Å². The Labute approximate surface area is 79.3 Å². The fraction of sp³-hybridized carbons (Fsp3) is 0. The lowest BCUT2D eigenvalue weighted by molar-refractivity contribution is 1.68. The zero-order chi connectivity index (χ0) is 8.55. The first-order valence-corrected chi connectivity index (χ1v) is 4.43. The minimum Gasteiger partial charge on any atom is -0.398 e. The average molecular weight is 221 g/mol. The van der Waals surface area contributed by atoms with E-state index in [0.717, 1.165) is 15.2 Å². The van der Waals surface area contributed by atoms with E-state index in [2.05, 4.69) is 22.0 Å². The first-order valence-electron chi connectivity index (χ1n) is 3.63. The molecule has 0 atom stereocenters. The Bertz CT molecular complexity index is 423. The Hall–Kier alpha value is -1.02. The van der Waals surface area contributed by atoms with Crippen molar-refractivity contribution in [3.63, 3.8) is 0 Å². The maximum Gasteiger partial charge on any atom is 0.0412 e. The molecule has 0 aliphatic heterocycles. The van der Waals surface area contributed by atoms with E-state index in [1.54, 1.807) is 0 Å². The van der Waals surface area contributed by atoms with Crippen molar-refractivity contribution in [3.8, 4) is 0 Å². The molecule has 0 saturated heterocycles. The van der Waals surface area contributed by atoms with Crippen molar-refractivity contribution < 1.29 is 0 Å². The third kappa shape index (κ3) is 1.18. The lowest BCUT2D eigenvalue weighted by Gasteiger charge is -2.00. The van der Waals surface area contributed by atoms with Gasteiger partial charge in [0.25, 0.3) is 0 Å². The number of anilines is 1. The Morgan fingerprint density at radius 1 is 1.25 bits per heavy atom. The van der Waals surface area contributed by atoms with Gasteiger partial charge in [0.2, 0.25) is 0 Å². The van der Waals surface area contributed by atoms with Gasteiger partial charge < -0.3 is 5.73 Å². The first kappa shape index (κ1) is 7.62. The maximum atomic E-state index is 5.64. The number of nitrogen functional groups attached to an aromatic ring is 1. The summed E-state index contributed by atoms with van der Waals surface area (Å²) in [6.45, 7) is 0. The predicted octanol–water partition coefficient (Wildman–Crippen LogP) is 2.98. The van der Waals surface area contributed by atoms with E-state index in [-0.39, 0.29) is 0 Å². The van der Waals surface area contributed by atoms with Crippen LogP contribution in [0.4, 0.5) is 5.69 Å². The Morgan fingerprint density at radius 2 is 2.00 bits per heavy atom. The quantitative estimate of drug-likeness (QED) is 0.680. The van der Waals surface area contributed by atoms with Gasteiger partial charge in [-0.2, -0.15) is 0 Å². The standard InChI is InChI=1S/C10H7BrN/c11-10-6-8(12)5-7-3-1-2-4-9(7)10/h1-4,6H,12H2. The fourth-order valence-electron chi connectivity index (χ4n) is 1.21. The second-order valence-corrected chi connectivity index (χ2v) is 3.47. The van der Waals surface area contributed by atoms with E-state index in [0.29, 0.717) is 5.69 Å². The van der Waals surface area contributed by atoms with Crippen LogP contribution in [0.25, 0.3) is 10.8 Å². The molecule has 2 N–H and O–H groups in total. The number of halogens is 1. The molecule has 59 valence electrons. The van der Waals surface area contributed by atoms with Crippen LogP contribution in [0.15, 0.2) is 34.8 Å². The topological polar surface area (TPSA) is 26.0 Å². The smallest absolute Gasteiger partial charge is 0.0412 e. The van der Waals surface area contributed by atoms with Crippen LogP contribution in [-0.2, 0) is 0 Å². The molecule has 2 aromatic carbocycles. The Kier molecular flexibility index (Phi) is 1.77. The van der Waals surface area contributed by atoms with E-state index < -0.39 is 0 Å². The van der Waals surface area contributed by atoms with Crippen LogP contribution in [0, 0.1) is 6.07 Å². The molecule has 2 heteroatoms. The highest BCUT2D eigenvalue weighted by Gasteiger charge is 1.98.